The highest BCUT2D eigenvalue weighted by atomic mass is 16.5. The third-order valence-electron chi connectivity index (χ3n) is 5.63. The smallest absolute Gasteiger partial charge is 0.261 e. The van der Waals surface area contributed by atoms with Crippen molar-refractivity contribution in [1.29, 1.82) is 0 Å². The molecular formula is C29H28N2O5. The van der Waals surface area contributed by atoms with E-state index in [9.17, 15) is 9.59 Å². The first kappa shape index (κ1) is 24.6. The van der Waals surface area contributed by atoms with Crippen molar-refractivity contribution in [2.45, 2.75) is 19.1 Å². The van der Waals surface area contributed by atoms with Gasteiger partial charge in [-0.05, 0) is 47.5 Å². The Morgan fingerprint density at radius 1 is 0.861 bits per heavy atom. The number of amides is 2. The summed E-state index contributed by atoms with van der Waals surface area (Å²) in [5, 5.41) is 2.91. The molecule has 0 saturated heterocycles. The predicted octanol–water partition coefficient (Wildman–Crippen LogP) is 4.75. The van der Waals surface area contributed by atoms with Gasteiger partial charge in [-0.1, -0.05) is 60.7 Å². The second kappa shape index (κ2) is 12.3. The fraction of sp³-hybridized carbons (Fsp3) is 0.172. The van der Waals surface area contributed by atoms with Crippen LogP contribution in [-0.2, 0) is 22.7 Å². The third kappa shape index (κ3) is 6.54. The molecule has 3 aromatic carbocycles. The maximum atomic E-state index is 13.6. The summed E-state index contributed by atoms with van der Waals surface area (Å²) in [6.07, 6.45) is 1.55. The van der Waals surface area contributed by atoms with Crippen LogP contribution in [0.2, 0.25) is 0 Å². The molecule has 0 spiro atoms. The van der Waals surface area contributed by atoms with Crippen LogP contribution in [0.4, 0.5) is 0 Å². The number of ether oxygens (including phenoxy) is 2. The van der Waals surface area contributed by atoms with Crippen LogP contribution in [0, 0.1) is 0 Å². The average Bonchev–Trinajstić information content (AvgIpc) is 3.45. The average molecular weight is 485 g/mol. The molecule has 0 aliphatic carbocycles. The van der Waals surface area contributed by atoms with Gasteiger partial charge >= 0.3 is 0 Å². The van der Waals surface area contributed by atoms with Gasteiger partial charge in [0.15, 0.2) is 6.61 Å². The van der Waals surface area contributed by atoms with Gasteiger partial charge in [0.2, 0.25) is 5.91 Å². The number of methoxy groups -OCH3 is 1. The molecule has 0 radical (unpaired) electrons. The molecule has 7 heteroatoms. The molecule has 0 aliphatic rings. The summed E-state index contributed by atoms with van der Waals surface area (Å²) in [5.74, 6) is 1.26. The highest BCUT2D eigenvalue weighted by Gasteiger charge is 2.32. The quantitative estimate of drug-likeness (QED) is 0.332. The Balaban J connectivity index is 1.62. The van der Waals surface area contributed by atoms with Gasteiger partial charge in [-0.3, -0.25) is 9.59 Å². The molecule has 0 bridgehead atoms. The largest absolute Gasteiger partial charge is 0.497 e. The van der Waals surface area contributed by atoms with Crippen LogP contribution in [-0.4, -0.2) is 30.4 Å². The molecular weight excluding hydrogens is 456 g/mol. The molecule has 1 heterocycles. The number of rotatable bonds is 11. The maximum absolute atomic E-state index is 13.6. The number of nitrogens with one attached hydrogen (secondary N) is 1. The van der Waals surface area contributed by atoms with E-state index in [2.05, 4.69) is 5.32 Å². The summed E-state index contributed by atoms with van der Waals surface area (Å²) in [6.45, 7) is 0.198. The van der Waals surface area contributed by atoms with E-state index >= 15 is 0 Å². The summed E-state index contributed by atoms with van der Waals surface area (Å²) in [7, 11) is 1.60. The monoisotopic (exact) mass is 484 g/mol. The molecule has 1 aromatic heterocycles. The zero-order valence-corrected chi connectivity index (χ0v) is 20.0. The van der Waals surface area contributed by atoms with E-state index in [0.29, 0.717) is 22.8 Å². The lowest BCUT2D eigenvalue weighted by Crippen LogP contribution is -2.45. The molecule has 1 atom stereocenters. The standard InChI is InChI=1S/C29H28N2O5/c1-34-24-16-14-22(15-17-24)20-31(27(32)21-36-25-11-6-3-7-12-25)28(23-9-4-2-5-10-23)29(33)30-19-26-13-8-18-35-26/h2-18,28H,19-21H2,1H3,(H,30,33)/t28-/m1/s1. The summed E-state index contributed by atoms with van der Waals surface area (Å²) in [4.78, 5) is 28.7. The lowest BCUT2D eigenvalue weighted by atomic mass is 10.0. The van der Waals surface area contributed by atoms with Gasteiger partial charge in [0.05, 0.1) is 19.9 Å². The molecule has 2 amide bonds. The van der Waals surface area contributed by atoms with Gasteiger partial charge in [-0.2, -0.15) is 0 Å². The van der Waals surface area contributed by atoms with Gasteiger partial charge in [0, 0.05) is 6.54 Å². The minimum absolute atomic E-state index is 0.203. The molecule has 0 saturated carbocycles. The minimum Gasteiger partial charge on any atom is -0.497 e. The Morgan fingerprint density at radius 2 is 1.56 bits per heavy atom. The summed E-state index contributed by atoms with van der Waals surface area (Å²) in [5.41, 5.74) is 1.54. The van der Waals surface area contributed by atoms with E-state index in [4.69, 9.17) is 13.9 Å². The zero-order chi connectivity index (χ0) is 25.2. The molecule has 7 nitrogen and oxygen atoms in total. The first-order chi connectivity index (χ1) is 17.6. The lowest BCUT2D eigenvalue weighted by molar-refractivity contribution is -0.143. The van der Waals surface area contributed by atoms with E-state index in [1.807, 2.05) is 72.8 Å². The van der Waals surface area contributed by atoms with E-state index in [-0.39, 0.29) is 31.5 Å². The highest BCUT2D eigenvalue weighted by Crippen LogP contribution is 2.25. The van der Waals surface area contributed by atoms with Crippen LogP contribution in [0.3, 0.4) is 0 Å². The number of benzene rings is 3. The molecule has 0 fully saturated rings. The van der Waals surface area contributed by atoms with Gasteiger partial charge in [-0.25, -0.2) is 0 Å². The minimum atomic E-state index is -0.880. The molecule has 4 rings (SSSR count). The van der Waals surface area contributed by atoms with Crippen molar-refractivity contribution >= 4 is 11.8 Å². The van der Waals surface area contributed by atoms with Gasteiger partial charge < -0.3 is 24.1 Å². The first-order valence-corrected chi connectivity index (χ1v) is 11.6. The molecule has 0 aliphatic heterocycles. The van der Waals surface area contributed by atoms with Crippen molar-refractivity contribution in [3.63, 3.8) is 0 Å². The van der Waals surface area contributed by atoms with Crippen molar-refractivity contribution in [3.8, 4) is 11.5 Å². The van der Waals surface area contributed by atoms with Crippen LogP contribution >= 0.6 is 0 Å². The Bertz CT molecular complexity index is 1230. The van der Waals surface area contributed by atoms with Crippen molar-refractivity contribution in [3.05, 3.63) is 120 Å². The first-order valence-electron chi connectivity index (χ1n) is 11.6. The summed E-state index contributed by atoms with van der Waals surface area (Å²) < 4.78 is 16.4. The van der Waals surface area contributed by atoms with Crippen LogP contribution in [0.1, 0.15) is 22.9 Å². The van der Waals surface area contributed by atoms with Crippen LogP contribution < -0.4 is 14.8 Å². The maximum Gasteiger partial charge on any atom is 0.261 e. The predicted molar refractivity (Wildman–Crippen MR) is 135 cm³/mol. The van der Waals surface area contributed by atoms with Crippen molar-refractivity contribution in [2.75, 3.05) is 13.7 Å². The summed E-state index contributed by atoms with van der Waals surface area (Å²) in [6, 6.07) is 28.4. The Morgan fingerprint density at radius 3 is 2.19 bits per heavy atom. The molecule has 1 N–H and O–H groups in total. The second-order valence-electron chi connectivity index (χ2n) is 8.08. The van der Waals surface area contributed by atoms with Gasteiger partial charge in [-0.15, -0.1) is 0 Å². The van der Waals surface area contributed by atoms with Crippen LogP contribution in [0.25, 0.3) is 0 Å². The molecule has 184 valence electrons. The second-order valence-corrected chi connectivity index (χ2v) is 8.08. The van der Waals surface area contributed by atoms with Crippen LogP contribution in [0.15, 0.2) is 108 Å². The Hall–Kier alpha value is -4.52. The Labute approximate surface area is 210 Å². The zero-order valence-electron chi connectivity index (χ0n) is 20.0. The number of hydrogen-bond donors (Lipinski definition) is 1. The van der Waals surface area contributed by atoms with Crippen molar-refractivity contribution in [2.24, 2.45) is 0 Å². The normalized spacial score (nSPS) is 11.4. The molecule has 4 aromatic rings. The fourth-order valence-corrected chi connectivity index (χ4v) is 3.79. The number of para-hydroxylation sites is 1. The SMILES string of the molecule is COc1ccc(CN(C(=O)COc2ccccc2)[C@@H](C(=O)NCc2ccco2)c2ccccc2)cc1. The van der Waals surface area contributed by atoms with E-state index in [1.165, 1.54) is 4.90 Å². The fourth-order valence-electron chi connectivity index (χ4n) is 3.79. The van der Waals surface area contributed by atoms with E-state index in [1.54, 1.807) is 37.6 Å². The van der Waals surface area contributed by atoms with Crippen molar-refractivity contribution < 1.29 is 23.5 Å². The number of nitrogens with zero attached hydrogens (tertiary/aromatic N) is 1. The number of carbonyl (C=O) groups is 2. The lowest BCUT2D eigenvalue weighted by Gasteiger charge is -2.31. The molecule has 36 heavy (non-hydrogen) atoms. The topological polar surface area (TPSA) is 81.0 Å². The highest BCUT2D eigenvalue weighted by molar-refractivity contribution is 5.89. The Kier molecular flexibility index (Phi) is 8.38. The van der Waals surface area contributed by atoms with Crippen molar-refractivity contribution in [1.82, 2.24) is 10.2 Å². The number of carbonyl (C=O) groups excluding carboxylic acids is 2. The van der Waals surface area contributed by atoms with Gasteiger partial charge in [0.1, 0.15) is 23.3 Å². The van der Waals surface area contributed by atoms with Gasteiger partial charge in [0.25, 0.3) is 5.91 Å². The van der Waals surface area contributed by atoms with E-state index in [0.717, 1.165) is 5.56 Å². The number of hydrogen-bond acceptors (Lipinski definition) is 5. The number of furan rings is 1. The molecule has 0 unspecified atom stereocenters. The third-order valence-corrected chi connectivity index (χ3v) is 5.63. The van der Waals surface area contributed by atoms with E-state index < -0.39 is 6.04 Å². The summed E-state index contributed by atoms with van der Waals surface area (Å²) >= 11 is 0. The van der Waals surface area contributed by atoms with Crippen LogP contribution in [0.5, 0.6) is 11.5 Å².